The van der Waals surface area contributed by atoms with E-state index in [4.69, 9.17) is 9.47 Å². The van der Waals surface area contributed by atoms with Crippen LogP contribution in [0.2, 0.25) is 0 Å². The summed E-state index contributed by atoms with van der Waals surface area (Å²) in [5.74, 6) is 0.237. The molecule has 0 rings (SSSR count). The highest BCUT2D eigenvalue weighted by atomic mass is 16.6. The van der Waals surface area contributed by atoms with Gasteiger partial charge in [0.05, 0.1) is 18.1 Å². The molecule has 0 aromatic rings. The van der Waals surface area contributed by atoms with Crippen molar-refractivity contribution in [2.24, 2.45) is 11.3 Å². The van der Waals surface area contributed by atoms with Crippen molar-refractivity contribution >= 4 is 5.97 Å². The van der Waals surface area contributed by atoms with Crippen LogP contribution >= 0.6 is 0 Å². The van der Waals surface area contributed by atoms with Crippen LogP contribution in [0.25, 0.3) is 0 Å². The minimum absolute atomic E-state index is 0.108. The lowest BCUT2D eigenvalue weighted by Gasteiger charge is -2.29. The van der Waals surface area contributed by atoms with Crippen LogP contribution in [0.1, 0.15) is 67.2 Å². The summed E-state index contributed by atoms with van der Waals surface area (Å²) in [7, 11) is 0. The molecule has 3 heteroatoms. The second kappa shape index (κ2) is 9.35. The zero-order valence-corrected chi connectivity index (χ0v) is 13.6. The smallest absolute Gasteiger partial charge is 0.311 e. The largest absolute Gasteiger partial charge is 0.463 e. The molecule has 0 heterocycles. The molecule has 0 fully saturated rings. The molecule has 0 aliphatic heterocycles. The van der Waals surface area contributed by atoms with Crippen LogP contribution in [-0.4, -0.2) is 25.3 Å². The molecular weight excluding hydrogens is 240 g/mol. The molecule has 0 saturated heterocycles. The van der Waals surface area contributed by atoms with Crippen molar-refractivity contribution in [3.8, 4) is 0 Å². The van der Waals surface area contributed by atoms with Gasteiger partial charge in [-0.1, -0.05) is 33.1 Å². The van der Waals surface area contributed by atoms with E-state index in [0.29, 0.717) is 19.1 Å². The van der Waals surface area contributed by atoms with Crippen molar-refractivity contribution in [2.45, 2.75) is 73.3 Å². The zero-order valence-electron chi connectivity index (χ0n) is 13.6. The summed E-state index contributed by atoms with van der Waals surface area (Å²) in [5, 5.41) is 0. The predicted molar refractivity (Wildman–Crippen MR) is 79.1 cm³/mol. The van der Waals surface area contributed by atoms with Crippen LogP contribution in [0.5, 0.6) is 0 Å². The third-order valence-corrected chi connectivity index (χ3v) is 3.77. The lowest BCUT2D eigenvalue weighted by molar-refractivity contribution is -0.159. The van der Waals surface area contributed by atoms with Gasteiger partial charge in [-0.2, -0.15) is 0 Å². The fourth-order valence-electron chi connectivity index (χ4n) is 1.87. The predicted octanol–water partition coefficient (Wildman–Crippen LogP) is 4.20. The first-order chi connectivity index (χ1) is 8.82. The molecule has 1 unspecified atom stereocenters. The maximum atomic E-state index is 12.1. The lowest BCUT2D eigenvalue weighted by atomic mass is 9.77. The number of rotatable bonds is 10. The third-order valence-electron chi connectivity index (χ3n) is 3.77. The van der Waals surface area contributed by atoms with E-state index in [-0.39, 0.29) is 12.1 Å². The summed E-state index contributed by atoms with van der Waals surface area (Å²) in [4.78, 5) is 12.1. The van der Waals surface area contributed by atoms with Gasteiger partial charge in [-0.05, 0) is 40.0 Å². The van der Waals surface area contributed by atoms with Gasteiger partial charge in [0.15, 0.2) is 0 Å². The quantitative estimate of drug-likeness (QED) is 0.442. The number of hydrogen-bond donors (Lipinski definition) is 0. The number of hydrogen-bond acceptors (Lipinski definition) is 3. The number of esters is 1. The number of ether oxygens (including phenoxy) is 2. The highest BCUT2D eigenvalue weighted by Crippen LogP contribution is 2.32. The highest BCUT2D eigenvalue weighted by Gasteiger charge is 2.34. The zero-order chi connectivity index (χ0) is 14.9. The van der Waals surface area contributed by atoms with E-state index in [1.807, 2.05) is 27.7 Å². The second-order valence-corrected chi connectivity index (χ2v) is 6.17. The molecule has 114 valence electrons. The minimum atomic E-state index is -0.411. The highest BCUT2D eigenvalue weighted by molar-refractivity contribution is 5.76. The monoisotopic (exact) mass is 272 g/mol. The van der Waals surface area contributed by atoms with Gasteiger partial charge in [0, 0.05) is 0 Å². The van der Waals surface area contributed by atoms with E-state index >= 15 is 0 Å². The van der Waals surface area contributed by atoms with Crippen molar-refractivity contribution < 1.29 is 14.3 Å². The topological polar surface area (TPSA) is 35.5 Å². The molecule has 0 saturated carbocycles. The molecule has 0 aromatic heterocycles. The second-order valence-electron chi connectivity index (χ2n) is 6.17. The van der Waals surface area contributed by atoms with Crippen molar-refractivity contribution in [1.29, 1.82) is 0 Å². The van der Waals surface area contributed by atoms with E-state index in [2.05, 4.69) is 13.8 Å². The molecule has 0 amide bonds. The molecule has 0 N–H and O–H groups in total. The molecule has 0 aliphatic rings. The van der Waals surface area contributed by atoms with Crippen LogP contribution in [0.3, 0.4) is 0 Å². The van der Waals surface area contributed by atoms with E-state index in [9.17, 15) is 4.79 Å². The summed E-state index contributed by atoms with van der Waals surface area (Å²) >= 11 is 0. The van der Waals surface area contributed by atoms with Crippen molar-refractivity contribution in [3.05, 3.63) is 0 Å². The maximum Gasteiger partial charge on any atom is 0.311 e. The summed E-state index contributed by atoms with van der Waals surface area (Å²) in [6, 6.07) is 0. The molecular formula is C16H32O3. The molecule has 0 spiro atoms. The Morgan fingerprint density at radius 2 is 1.74 bits per heavy atom. The Labute approximate surface area is 119 Å². The Morgan fingerprint density at radius 1 is 1.11 bits per heavy atom. The molecule has 0 bridgehead atoms. The third kappa shape index (κ3) is 7.56. The Kier molecular flexibility index (Phi) is 9.07. The van der Waals surface area contributed by atoms with Crippen LogP contribution in [0.15, 0.2) is 0 Å². The van der Waals surface area contributed by atoms with Gasteiger partial charge < -0.3 is 9.47 Å². The van der Waals surface area contributed by atoms with E-state index < -0.39 is 5.41 Å². The first-order valence-electron chi connectivity index (χ1n) is 7.61. The van der Waals surface area contributed by atoms with Gasteiger partial charge in [0.25, 0.3) is 0 Å². The number of carbonyl (C=O) groups is 1. The number of carbonyl (C=O) groups excluding carboxylic acids is 1. The first-order valence-corrected chi connectivity index (χ1v) is 7.61. The van der Waals surface area contributed by atoms with Gasteiger partial charge in [-0.25, -0.2) is 0 Å². The van der Waals surface area contributed by atoms with Crippen molar-refractivity contribution in [1.82, 2.24) is 0 Å². The maximum absolute atomic E-state index is 12.1. The molecule has 1 atom stereocenters. The summed E-state index contributed by atoms with van der Waals surface area (Å²) in [5.41, 5.74) is -0.411. The standard InChI is InChI=1S/C16H32O3/c1-7-8-9-10-14(4)16(5,6)15(17)19-12-11-18-13(2)3/h13-14H,7-12H2,1-6H3. The Bertz CT molecular complexity index is 246. The normalized spacial score (nSPS) is 13.6. The number of unbranched alkanes of at least 4 members (excludes halogenated alkanes) is 2. The van der Waals surface area contributed by atoms with E-state index in [1.54, 1.807) is 0 Å². The summed E-state index contributed by atoms with van der Waals surface area (Å²) in [6.07, 6.45) is 4.89. The minimum Gasteiger partial charge on any atom is -0.463 e. The van der Waals surface area contributed by atoms with Crippen molar-refractivity contribution in [2.75, 3.05) is 13.2 Å². The molecule has 0 radical (unpaired) electrons. The molecule has 0 aliphatic carbocycles. The van der Waals surface area contributed by atoms with E-state index in [0.717, 1.165) is 6.42 Å². The van der Waals surface area contributed by atoms with Crippen LogP contribution in [-0.2, 0) is 14.3 Å². The average Bonchev–Trinajstić information content (AvgIpc) is 2.34. The Balaban J connectivity index is 4.04. The lowest BCUT2D eigenvalue weighted by Crippen LogP contribution is -2.34. The first kappa shape index (κ1) is 18.4. The van der Waals surface area contributed by atoms with Gasteiger partial charge in [-0.15, -0.1) is 0 Å². The molecule has 19 heavy (non-hydrogen) atoms. The van der Waals surface area contributed by atoms with Gasteiger partial charge in [0.2, 0.25) is 0 Å². The van der Waals surface area contributed by atoms with Gasteiger partial charge >= 0.3 is 5.97 Å². The Morgan fingerprint density at radius 3 is 2.26 bits per heavy atom. The van der Waals surface area contributed by atoms with E-state index in [1.165, 1.54) is 19.3 Å². The SMILES string of the molecule is CCCCCC(C)C(C)(C)C(=O)OCCOC(C)C. The summed E-state index contributed by atoms with van der Waals surface area (Å²) in [6.45, 7) is 13.1. The van der Waals surface area contributed by atoms with Crippen LogP contribution in [0, 0.1) is 11.3 Å². The molecule has 0 aromatic carbocycles. The fourth-order valence-corrected chi connectivity index (χ4v) is 1.87. The van der Waals surface area contributed by atoms with Gasteiger partial charge in [-0.3, -0.25) is 4.79 Å². The fraction of sp³-hybridized carbons (Fsp3) is 0.938. The Hall–Kier alpha value is -0.570. The van der Waals surface area contributed by atoms with Crippen LogP contribution < -0.4 is 0 Å². The summed E-state index contributed by atoms with van der Waals surface area (Å²) < 4.78 is 10.7. The molecule has 3 nitrogen and oxygen atoms in total. The van der Waals surface area contributed by atoms with Gasteiger partial charge in [0.1, 0.15) is 6.61 Å². The van der Waals surface area contributed by atoms with Crippen LogP contribution in [0.4, 0.5) is 0 Å². The van der Waals surface area contributed by atoms with Crippen molar-refractivity contribution in [3.63, 3.8) is 0 Å². The average molecular weight is 272 g/mol.